The lowest BCUT2D eigenvalue weighted by molar-refractivity contribution is 0.0902. The number of hydrogen-bond donors (Lipinski definition) is 3. The van der Waals surface area contributed by atoms with Crippen LogP contribution in [0.5, 0.6) is 0 Å². The molecular formula is C32H43N5O3. The topological polar surface area (TPSA) is 99.5 Å². The summed E-state index contributed by atoms with van der Waals surface area (Å²) < 4.78 is 5.35. The summed E-state index contributed by atoms with van der Waals surface area (Å²) in [6, 6.07) is 13.5. The number of aromatic nitrogens is 1. The molecular weight excluding hydrogens is 502 g/mol. The molecule has 214 valence electrons. The normalized spacial score (nSPS) is 14.7. The number of hydrogen-bond acceptors (Lipinski definition) is 6. The Bertz CT molecular complexity index is 1360. The average molecular weight is 546 g/mol. The molecule has 1 aliphatic rings. The second kappa shape index (κ2) is 11.9. The average Bonchev–Trinajstić information content (AvgIpc) is 3.38. The maximum atomic E-state index is 13.5. The lowest BCUT2D eigenvalue weighted by Crippen LogP contribution is -2.42. The number of carbonyl (C=O) groups excluding carboxylic acids is 2. The van der Waals surface area contributed by atoms with Crippen LogP contribution in [0.1, 0.15) is 79.1 Å². The third-order valence-electron chi connectivity index (χ3n) is 7.02. The summed E-state index contributed by atoms with van der Waals surface area (Å²) >= 11 is 0. The Balaban J connectivity index is 1.54. The number of anilines is 1. The molecule has 2 aromatic carbocycles. The number of carbonyl (C=O) groups is 2. The van der Waals surface area contributed by atoms with Crippen molar-refractivity contribution in [3.63, 3.8) is 0 Å². The summed E-state index contributed by atoms with van der Waals surface area (Å²) in [5.41, 5.74) is 5.73. The Kier molecular flexibility index (Phi) is 8.80. The molecule has 0 spiro atoms. The van der Waals surface area contributed by atoms with Crippen molar-refractivity contribution in [2.45, 2.75) is 60.4 Å². The van der Waals surface area contributed by atoms with Gasteiger partial charge in [-0.15, -0.1) is 0 Å². The van der Waals surface area contributed by atoms with Crippen LogP contribution in [0.25, 0.3) is 11.3 Å². The third-order valence-corrected chi connectivity index (χ3v) is 7.02. The molecule has 2 heterocycles. The SMILES string of the molecule is Cc1ccc(NC(=O)c2cc(CN3CCNCC3)cc(C(C)(C)C)c2)cc1-c1cc(C(=O)NCC(C)(C)C)on1. The zero-order chi connectivity index (χ0) is 29.1. The van der Waals surface area contributed by atoms with E-state index in [1.165, 1.54) is 0 Å². The molecule has 0 bridgehead atoms. The van der Waals surface area contributed by atoms with Gasteiger partial charge in [-0.25, -0.2) is 0 Å². The molecule has 40 heavy (non-hydrogen) atoms. The van der Waals surface area contributed by atoms with Gasteiger partial charge < -0.3 is 20.5 Å². The second-order valence-electron chi connectivity index (χ2n) is 13.0. The summed E-state index contributed by atoms with van der Waals surface area (Å²) in [5.74, 6) is -0.305. The Labute approximate surface area is 237 Å². The summed E-state index contributed by atoms with van der Waals surface area (Å²) in [6.07, 6.45) is 0. The highest BCUT2D eigenvalue weighted by Crippen LogP contribution is 2.29. The van der Waals surface area contributed by atoms with E-state index in [4.69, 9.17) is 4.52 Å². The van der Waals surface area contributed by atoms with Gasteiger partial charge in [0.05, 0.1) is 0 Å². The molecule has 0 saturated carbocycles. The highest BCUT2D eigenvalue weighted by Gasteiger charge is 2.21. The second-order valence-corrected chi connectivity index (χ2v) is 13.0. The van der Waals surface area contributed by atoms with Gasteiger partial charge in [-0.05, 0) is 58.7 Å². The van der Waals surface area contributed by atoms with Crippen molar-refractivity contribution in [1.82, 2.24) is 20.7 Å². The van der Waals surface area contributed by atoms with Crippen LogP contribution >= 0.6 is 0 Å². The lowest BCUT2D eigenvalue weighted by atomic mass is 9.85. The molecule has 1 aromatic heterocycles. The highest BCUT2D eigenvalue weighted by molar-refractivity contribution is 6.05. The van der Waals surface area contributed by atoms with Crippen molar-refractivity contribution >= 4 is 17.5 Å². The first-order chi connectivity index (χ1) is 18.8. The standard InChI is InChI=1S/C32H43N5O3/c1-21-8-9-25(17-26(21)27-18-28(40-36-27)30(39)34-20-31(2,3)4)35-29(38)23-14-22(15-24(16-23)32(5,6)7)19-37-12-10-33-11-13-37/h8-9,14-18,33H,10-13,19-20H2,1-7H3,(H,34,39)(H,35,38). The van der Waals surface area contributed by atoms with Crippen molar-refractivity contribution in [1.29, 1.82) is 0 Å². The van der Waals surface area contributed by atoms with E-state index in [1.807, 2.05) is 37.3 Å². The number of piperazine rings is 1. The summed E-state index contributed by atoms with van der Waals surface area (Å²) in [5, 5.41) is 13.5. The number of nitrogens with one attached hydrogen (secondary N) is 3. The van der Waals surface area contributed by atoms with Crippen molar-refractivity contribution < 1.29 is 14.1 Å². The van der Waals surface area contributed by atoms with Gasteiger partial charge >= 0.3 is 0 Å². The van der Waals surface area contributed by atoms with E-state index >= 15 is 0 Å². The predicted octanol–water partition coefficient (Wildman–Crippen LogP) is 5.38. The van der Waals surface area contributed by atoms with Crippen LogP contribution in [-0.4, -0.2) is 54.6 Å². The number of rotatable bonds is 7. The van der Waals surface area contributed by atoms with Crippen molar-refractivity contribution in [2.75, 3.05) is 38.0 Å². The fourth-order valence-corrected chi connectivity index (χ4v) is 4.60. The van der Waals surface area contributed by atoms with E-state index in [9.17, 15) is 9.59 Å². The molecule has 0 unspecified atom stereocenters. The molecule has 0 aliphatic carbocycles. The van der Waals surface area contributed by atoms with Crippen LogP contribution in [0.3, 0.4) is 0 Å². The molecule has 2 amide bonds. The van der Waals surface area contributed by atoms with E-state index in [-0.39, 0.29) is 28.4 Å². The summed E-state index contributed by atoms with van der Waals surface area (Å²) in [4.78, 5) is 28.4. The van der Waals surface area contributed by atoms with E-state index in [0.29, 0.717) is 23.5 Å². The maximum Gasteiger partial charge on any atom is 0.289 e. The third kappa shape index (κ3) is 7.79. The van der Waals surface area contributed by atoms with Crippen molar-refractivity contribution in [3.8, 4) is 11.3 Å². The summed E-state index contributed by atoms with van der Waals surface area (Å²) in [7, 11) is 0. The molecule has 0 atom stereocenters. The fourth-order valence-electron chi connectivity index (χ4n) is 4.60. The van der Waals surface area contributed by atoms with Crippen molar-refractivity contribution in [3.05, 3.63) is 70.5 Å². The molecule has 0 radical (unpaired) electrons. The van der Waals surface area contributed by atoms with Crippen LogP contribution in [-0.2, 0) is 12.0 Å². The van der Waals surface area contributed by atoms with E-state index < -0.39 is 0 Å². The quantitative estimate of drug-likeness (QED) is 0.369. The van der Waals surface area contributed by atoms with Gasteiger partial charge in [-0.1, -0.05) is 58.8 Å². The minimum atomic E-state index is -0.300. The van der Waals surface area contributed by atoms with Crippen LogP contribution in [0, 0.1) is 12.3 Å². The first kappa shape index (κ1) is 29.5. The number of benzene rings is 2. The van der Waals surface area contributed by atoms with Gasteiger partial charge in [0.2, 0.25) is 5.76 Å². The van der Waals surface area contributed by atoms with Gasteiger partial charge in [0.25, 0.3) is 11.8 Å². The van der Waals surface area contributed by atoms with Crippen LogP contribution in [0.15, 0.2) is 47.0 Å². The van der Waals surface area contributed by atoms with E-state index in [1.54, 1.807) is 6.07 Å². The first-order valence-corrected chi connectivity index (χ1v) is 14.0. The molecule has 1 fully saturated rings. The minimum absolute atomic E-state index is 0.0418. The number of aryl methyl sites for hydroxylation is 1. The Morgan fingerprint density at radius 2 is 1.70 bits per heavy atom. The van der Waals surface area contributed by atoms with Gasteiger partial charge in [0.1, 0.15) is 5.69 Å². The molecule has 8 nitrogen and oxygen atoms in total. The molecule has 4 rings (SSSR count). The van der Waals surface area contributed by atoms with Gasteiger partial charge in [-0.3, -0.25) is 14.5 Å². The molecule has 3 N–H and O–H groups in total. The van der Waals surface area contributed by atoms with Crippen LogP contribution in [0.2, 0.25) is 0 Å². The Hall–Kier alpha value is -3.49. The van der Waals surface area contributed by atoms with Crippen molar-refractivity contribution in [2.24, 2.45) is 5.41 Å². The van der Waals surface area contributed by atoms with Gasteiger partial charge in [-0.2, -0.15) is 0 Å². The smallest absolute Gasteiger partial charge is 0.289 e. The van der Waals surface area contributed by atoms with Gasteiger partial charge in [0, 0.05) is 62.1 Å². The Morgan fingerprint density at radius 3 is 2.38 bits per heavy atom. The molecule has 3 aromatic rings. The predicted molar refractivity (Wildman–Crippen MR) is 160 cm³/mol. The number of amides is 2. The largest absolute Gasteiger partial charge is 0.350 e. The first-order valence-electron chi connectivity index (χ1n) is 14.0. The molecule has 8 heteroatoms. The zero-order valence-corrected chi connectivity index (χ0v) is 24.9. The highest BCUT2D eigenvalue weighted by atomic mass is 16.5. The van der Waals surface area contributed by atoms with E-state index in [0.717, 1.165) is 55.0 Å². The zero-order valence-electron chi connectivity index (χ0n) is 24.9. The fraction of sp³-hybridized carbons (Fsp3) is 0.469. The Morgan fingerprint density at radius 1 is 0.975 bits per heavy atom. The minimum Gasteiger partial charge on any atom is -0.350 e. The lowest BCUT2D eigenvalue weighted by Gasteiger charge is -2.28. The summed E-state index contributed by atoms with van der Waals surface area (Å²) in [6.45, 7) is 19.9. The molecule has 1 saturated heterocycles. The van der Waals surface area contributed by atoms with Crippen LogP contribution in [0.4, 0.5) is 5.69 Å². The monoisotopic (exact) mass is 545 g/mol. The number of nitrogens with zero attached hydrogens (tertiary/aromatic N) is 2. The van der Waals surface area contributed by atoms with Crippen LogP contribution < -0.4 is 16.0 Å². The van der Waals surface area contributed by atoms with E-state index in [2.05, 4.69) is 73.6 Å². The maximum absolute atomic E-state index is 13.5. The van der Waals surface area contributed by atoms with Gasteiger partial charge in [0.15, 0.2) is 0 Å². The molecule has 1 aliphatic heterocycles.